The number of halogens is 2. The molecule has 0 fully saturated rings. The summed E-state index contributed by atoms with van der Waals surface area (Å²) in [6, 6.07) is 40.4. The summed E-state index contributed by atoms with van der Waals surface area (Å²) in [6.45, 7) is 2.23. The van der Waals surface area contributed by atoms with Crippen LogP contribution in [0.25, 0.3) is 27.3 Å². The van der Waals surface area contributed by atoms with Gasteiger partial charge in [-0.1, -0.05) is 166 Å². The number of carbonyl (C=O) groups is 1. The van der Waals surface area contributed by atoms with E-state index in [1.807, 2.05) is 0 Å². The topological polar surface area (TPSA) is 40.9 Å². The molecule has 2 radical (unpaired) electrons. The van der Waals surface area contributed by atoms with Gasteiger partial charge in [0.05, 0.1) is 0 Å². The number of unbranched alkanes of at least 4 members (excludes halogenated alkanes) is 8. The van der Waals surface area contributed by atoms with Crippen molar-refractivity contribution in [2.75, 3.05) is 0 Å². The van der Waals surface area contributed by atoms with Crippen LogP contribution in [-0.4, -0.2) is 15.4 Å². The van der Waals surface area contributed by atoms with E-state index >= 15 is 0 Å². The molecule has 0 aliphatic rings. The quantitative estimate of drug-likeness (QED) is 0.108. The van der Waals surface area contributed by atoms with Gasteiger partial charge in [-0.25, -0.2) is 0 Å². The van der Waals surface area contributed by atoms with Gasteiger partial charge >= 0.3 is 25.8 Å². The van der Waals surface area contributed by atoms with Crippen molar-refractivity contribution >= 4 is 47.3 Å². The van der Waals surface area contributed by atoms with Crippen molar-refractivity contribution in [3.63, 3.8) is 0 Å². The van der Waals surface area contributed by atoms with Crippen molar-refractivity contribution in [1.29, 1.82) is 0 Å². The third-order valence-corrected chi connectivity index (χ3v) is 8.11. The van der Waals surface area contributed by atoms with E-state index in [-0.39, 0.29) is 50.7 Å². The van der Waals surface area contributed by atoms with Gasteiger partial charge < -0.3 is 35.3 Å². The number of nitrogens with one attached hydrogen (secondary N) is 1. The zero-order valence-corrected chi connectivity index (χ0v) is 31.3. The van der Waals surface area contributed by atoms with E-state index in [2.05, 4.69) is 122 Å². The molecule has 0 bridgehead atoms. The molecular weight excluding hydrogens is 752 g/mol. The number of hydrogen-bond donors (Lipinski definition) is 0. The van der Waals surface area contributed by atoms with Crippen molar-refractivity contribution in [3.8, 4) is 0 Å². The zero-order valence-electron chi connectivity index (χ0n) is 25.2. The van der Waals surface area contributed by atoms with E-state index in [1.165, 1.54) is 76.9 Å². The van der Waals surface area contributed by atoms with Crippen LogP contribution >= 0.6 is 0 Å². The SMILES string of the molecule is CCCCCCCCCCCC([NH-])=O.[Cl-].[Cl-].[Hf+4].c1ccc([Si]c2ccccc2)cc1.c1ccc2c(c1)[cH-]c1ccccc12. The number of rotatable bonds is 12. The second kappa shape index (κ2) is 25.2. The maximum atomic E-state index is 10.3. The van der Waals surface area contributed by atoms with Crippen LogP contribution in [0, 0.1) is 0 Å². The molecule has 224 valence electrons. The third-order valence-electron chi connectivity index (χ3n) is 6.87. The number of carbonyl (C=O) groups excluding carboxylic acids is 1. The molecule has 0 saturated heterocycles. The fourth-order valence-electron chi connectivity index (χ4n) is 4.71. The molecule has 0 spiro atoms. The minimum Gasteiger partial charge on any atom is -1.00 e. The van der Waals surface area contributed by atoms with Crippen molar-refractivity contribution in [2.45, 2.75) is 71.1 Å². The summed E-state index contributed by atoms with van der Waals surface area (Å²) >= 11 is 0. The van der Waals surface area contributed by atoms with Crippen LogP contribution in [0.3, 0.4) is 0 Å². The summed E-state index contributed by atoms with van der Waals surface area (Å²) in [4.78, 5) is 10.3. The van der Waals surface area contributed by atoms with Crippen molar-refractivity contribution in [3.05, 3.63) is 121 Å². The summed E-state index contributed by atoms with van der Waals surface area (Å²) in [7, 11) is 0.777. The van der Waals surface area contributed by atoms with Gasteiger partial charge in [-0.05, 0) is 12.8 Å². The van der Waals surface area contributed by atoms with Crippen LogP contribution in [0.2, 0.25) is 0 Å². The van der Waals surface area contributed by atoms with Crippen LogP contribution in [0.5, 0.6) is 0 Å². The summed E-state index contributed by atoms with van der Waals surface area (Å²) in [5.74, 6) is -0.409. The van der Waals surface area contributed by atoms with Crippen LogP contribution in [0.15, 0.2) is 115 Å². The maximum Gasteiger partial charge on any atom is 4.00 e. The van der Waals surface area contributed by atoms with Gasteiger partial charge in [0, 0.05) is 5.91 Å². The largest absolute Gasteiger partial charge is 4.00 e. The van der Waals surface area contributed by atoms with Crippen molar-refractivity contribution in [2.24, 2.45) is 0 Å². The summed E-state index contributed by atoms with van der Waals surface area (Å²) < 4.78 is 0. The molecule has 0 atom stereocenters. The number of hydrogen-bond acceptors (Lipinski definition) is 1. The first kappa shape index (κ1) is 40.9. The molecular formula is C37H43Cl2HfNOSi. The second-order valence-electron chi connectivity index (χ2n) is 10.2. The molecule has 1 amide bonds. The van der Waals surface area contributed by atoms with Crippen LogP contribution in [-0.2, 0) is 30.6 Å². The molecule has 5 aromatic carbocycles. The predicted molar refractivity (Wildman–Crippen MR) is 176 cm³/mol. The van der Waals surface area contributed by atoms with Gasteiger partial charge in [-0.3, -0.25) is 0 Å². The molecule has 5 rings (SSSR count). The average Bonchev–Trinajstić information content (AvgIpc) is 3.37. The van der Waals surface area contributed by atoms with Gasteiger partial charge in [0.15, 0.2) is 0 Å². The Morgan fingerprint density at radius 1 is 0.581 bits per heavy atom. The monoisotopic (exact) mass is 795 g/mol. The van der Waals surface area contributed by atoms with E-state index in [0.717, 1.165) is 22.4 Å². The first-order chi connectivity index (χ1) is 19.7. The van der Waals surface area contributed by atoms with Gasteiger partial charge in [0.25, 0.3) is 0 Å². The van der Waals surface area contributed by atoms with E-state index in [4.69, 9.17) is 5.73 Å². The maximum absolute atomic E-state index is 10.3. The molecule has 0 unspecified atom stereocenters. The minimum atomic E-state index is -0.409. The first-order valence-electron chi connectivity index (χ1n) is 14.8. The molecule has 0 aliphatic heterocycles. The fourth-order valence-corrected chi connectivity index (χ4v) is 5.76. The molecule has 2 nitrogen and oxygen atoms in total. The Bertz CT molecular complexity index is 1290. The normalized spacial score (nSPS) is 9.70. The van der Waals surface area contributed by atoms with Gasteiger partial charge in [0.1, 0.15) is 9.52 Å². The zero-order chi connectivity index (χ0) is 28.3. The van der Waals surface area contributed by atoms with Crippen LogP contribution in [0.4, 0.5) is 0 Å². The molecule has 5 aromatic rings. The Morgan fingerprint density at radius 2 is 0.953 bits per heavy atom. The average molecular weight is 795 g/mol. The van der Waals surface area contributed by atoms with E-state index < -0.39 is 5.91 Å². The van der Waals surface area contributed by atoms with Gasteiger partial charge in [0.2, 0.25) is 0 Å². The Morgan fingerprint density at radius 3 is 1.37 bits per heavy atom. The van der Waals surface area contributed by atoms with Gasteiger partial charge in [-0.15, -0.1) is 39.7 Å². The second-order valence-corrected chi connectivity index (χ2v) is 11.6. The third kappa shape index (κ3) is 16.5. The Labute approximate surface area is 293 Å². The number of amides is 1. The summed E-state index contributed by atoms with van der Waals surface area (Å²) in [5.41, 5.74) is 6.73. The fraction of sp³-hybridized carbons (Fsp3) is 0.297. The van der Waals surface area contributed by atoms with E-state index in [9.17, 15) is 4.79 Å². The molecule has 1 N–H and O–H groups in total. The van der Waals surface area contributed by atoms with Gasteiger partial charge in [-0.2, -0.15) is 0 Å². The summed E-state index contributed by atoms with van der Waals surface area (Å²) in [5, 5.41) is 8.19. The smallest absolute Gasteiger partial charge is 1.00 e. The summed E-state index contributed by atoms with van der Waals surface area (Å²) in [6.07, 6.45) is 11.8. The molecule has 0 saturated carbocycles. The van der Waals surface area contributed by atoms with Crippen molar-refractivity contribution < 1.29 is 55.5 Å². The van der Waals surface area contributed by atoms with E-state index in [1.54, 1.807) is 0 Å². The Kier molecular flexibility index (Phi) is 24.0. The predicted octanol–water partition coefficient (Wildman–Crippen LogP) is 3.55. The Hall–Kier alpha value is -2.11. The molecule has 43 heavy (non-hydrogen) atoms. The van der Waals surface area contributed by atoms with Crippen LogP contribution in [0.1, 0.15) is 71.1 Å². The van der Waals surface area contributed by atoms with E-state index in [0.29, 0.717) is 6.42 Å². The molecule has 0 heterocycles. The molecule has 0 aromatic heterocycles. The minimum absolute atomic E-state index is 0. The van der Waals surface area contributed by atoms with Crippen LogP contribution < -0.4 is 35.2 Å². The molecule has 0 aliphatic carbocycles. The standard InChI is InChI=1S/C13H9.C12H25NO.C12H10Si.2ClH.Hf/c1-3-7-12-10(5-1)9-11-6-2-4-8-13(11)12;1-2-3-4-5-6-7-8-9-10-11-12(13)14;1-3-7-11(8-4-1)13-12-9-5-2-6-10-12;;;/h1-9H;2-11H2,1H3,(H2,13,14);1-10H;2*1H;/q-1;;;;;+4/p-3. The number of benzene rings is 4. The number of fused-ring (bicyclic) bond motifs is 3. The van der Waals surface area contributed by atoms with Crippen molar-refractivity contribution in [1.82, 2.24) is 0 Å². The molecule has 6 heteroatoms. The Balaban J connectivity index is 0.000000594. The first-order valence-corrected chi connectivity index (χ1v) is 15.8.